The molecular weight excluding hydrogens is 196 g/mol. The van der Waals surface area contributed by atoms with Gasteiger partial charge in [-0.05, 0) is 38.6 Å². The lowest BCUT2D eigenvalue weighted by molar-refractivity contribution is 0.302. The summed E-state index contributed by atoms with van der Waals surface area (Å²) in [5, 5.41) is 3.71. The van der Waals surface area contributed by atoms with E-state index in [4.69, 9.17) is 0 Å². The fourth-order valence-corrected chi connectivity index (χ4v) is 2.19. The quantitative estimate of drug-likeness (QED) is 0.650. The van der Waals surface area contributed by atoms with Crippen LogP contribution in [0.15, 0.2) is 0 Å². The van der Waals surface area contributed by atoms with E-state index in [-0.39, 0.29) is 0 Å². The summed E-state index contributed by atoms with van der Waals surface area (Å²) in [7, 11) is 2.26. The fraction of sp³-hybridized carbons (Fsp3) is 1.00. The Morgan fingerprint density at radius 1 is 1.25 bits per heavy atom. The van der Waals surface area contributed by atoms with Gasteiger partial charge in [0.25, 0.3) is 0 Å². The van der Waals surface area contributed by atoms with Gasteiger partial charge in [0, 0.05) is 25.2 Å². The minimum Gasteiger partial charge on any atom is -0.313 e. The summed E-state index contributed by atoms with van der Waals surface area (Å²) in [6.07, 6.45) is 6.74. The van der Waals surface area contributed by atoms with Gasteiger partial charge < -0.3 is 10.2 Å². The van der Waals surface area contributed by atoms with Gasteiger partial charge in [0.15, 0.2) is 0 Å². The number of hydrogen-bond acceptors (Lipinski definition) is 2. The average Bonchev–Trinajstić information content (AvgIpc) is 3.10. The number of likely N-dealkylation sites (N-methyl/N-ethyl adjacent to an activating group) is 1. The topological polar surface area (TPSA) is 15.3 Å². The summed E-state index contributed by atoms with van der Waals surface area (Å²) >= 11 is 0. The number of hydrogen-bond donors (Lipinski definition) is 1. The Morgan fingerprint density at radius 2 is 1.94 bits per heavy atom. The lowest BCUT2D eigenvalue weighted by Gasteiger charge is -2.22. The molecule has 2 nitrogen and oxygen atoms in total. The van der Waals surface area contributed by atoms with Crippen molar-refractivity contribution in [2.24, 2.45) is 5.92 Å². The molecule has 1 fully saturated rings. The maximum atomic E-state index is 3.71. The Hall–Kier alpha value is -0.0800. The van der Waals surface area contributed by atoms with E-state index < -0.39 is 0 Å². The lowest BCUT2D eigenvalue weighted by Crippen LogP contribution is -2.37. The molecule has 96 valence electrons. The SMILES string of the molecule is CCC(C)CC(CC)NCCN(C)C1CC1. The molecule has 1 rings (SSSR count). The first-order valence-electron chi connectivity index (χ1n) is 7.10. The van der Waals surface area contributed by atoms with E-state index in [1.807, 2.05) is 0 Å². The van der Waals surface area contributed by atoms with E-state index in [2.05, 4.69) is 38.0 Å². The monoisotopic (exact) mass is 226 g/mol. The number of nitrogens with one attached hydrogen (secondary N) is 1. The molecule has 1 aliphatic rings. The van der Waals surface area contributed by atoms with E-state index in [1.165, 1.54) is 38.6 Å². The van der Waals surface area contributed by atoms with E-state index in [1.54, 1.807) is 0 Å². The van der Waals surface area contributed by atoms with Crippen molar-refractivity contribution < 1.29 is 0 Å². The largest absolute Gasteiger partial charge is 0.313 e. The second-order valence-corrected chi connectivity index (χ2v) is 5.52. The summed E-state index contributed by atoms with van der Waals surface area (Å²) in [6.45, 7) is 9.31. The molecule has 0 aromatic carbocycles. The van der Waals surface area contributed by atoms with Crippen molar-refractivity contribution in [1.82, 2.24) is 10.2 Å². The van der Waals surface area contributed by atoms with Gasteiger partial charge in [0.2, 0.25) is 0 Å². The van der Waals surface area contributed by atoms with Crippen LogP contribution in [0.4, 0.5) is 0 Å². The summed E-state index contributed by atoms with van der Waals surface area (Å²) in [6, 6.07) is 1.62. The zero-order valence-electron chi connectivity index (χ0n) is 11.6. The van der Waals surface area contributed by atoms with E-state index in [0.29, 0.717) is 0 Å². The van der Waals surface area contributed by atoms with Gasteiger partial charge in [-0.15, -0.1) is 0 Å². The van der Waals surface area contributed by atoms with Gasteiger partial charge in [-0.1, -0.05) is 27.2 Å². The molecule has 2 heteroatoms. The minimum absolute atomic E-state index is 0.725. The molecule has 2 atom stereocenters. The first kappa shape index (κ1) is 14.0. The van der Waals surface area contributed by atoms with Gasteiger partial charge >= 0.3 is 0 Å². The summed E-state index contributed by atoms with van der Waals surface area (Å²) < 4.78 is 0. The van der Waals surface area contributed by atoms with Gasteiger partial charge in [0.05, 0.1) is 0 Å². The molecule has 0 aromatic rings. The third kappa shape index (κ3) is 5.31. The van der Waals surface area contributed by atoms with Crippen LogP contribution in [-0.2, 0) is 0 Å². The van der Waals surface area contributed by atoms with Crippen LogP contribution in [0.5, 0.6) is 0 Å². The van der Waals surface area contributed by atoms with Crippen LogP contribution in [0.3, 0.4) is 0 Å². The van der Waals surface area contributed by atoms with Crippen molar-refractivity contribution in [3.8, 4) is 0 Å². The van der Waals surface area contributed by atoms with Crippen LogP contribution in [0.25, 0.3) is 0 Å². The predicted octanol–water partition coefficient (Wildman–Crippen LogP) is 2.89. The highest BCUT2D eigenvalue weighted by molar-refractivity contribution is 4.82. The van der Waals surface area contributed by atoms with Gasteiger partial charge in [-0.25, -0.2) is 0 Å². The molecule has 0 aromatic heterocycles. The predicted molar refractivity (Wildman–Crippen MR) is 71.8 cm³/mol. The molecule has 1 aliphatic carbocycles. The van der Waals surface area contributed by atoms with Crippen molar-refractivity contribution in [3.05, 3.63) is 0 Å². The number of nitrogens with zero attached hydrogens (tertiary/aromatic N) is 1. The van der Waals surface area contributed by atoms with E-state index in [9.17, 15) is 0 Å². The number of rotatable bonds is 9. The van der Waals surface area contributed by atoms with Crippen molar-refractivity contribution in [1.29, 1.82) is 0 Å². The first-order valence-corrected chi connectivity index (χ1v) is 7.10. The fourth-order valence-electron chi connectivity index (χ4n) is 2.19. The van der Waals surface area contributed by atoms with E-state index >= 15 is 0 Å². The minimum atomic E-state index is 0.725. The average molecular weight is 226 g/mol. The Balaban J connectivity index is 2.07. The molecular formula is C14H30N2. The Morgan fingerprint density at radius 3 is 2.44 bits per heavy atom. The Kier molecular flexibility index (Phi) is 6.37. The Bertz CT molecular complexity index is 178. The summed E-state index contributed by atoms with van der Waals surface area (Å²) in [5.74, 6) is 0.860. The molecule has 0 aliphatic heterocycles. The zero-order chi connectivity index (χ0) is 12.0. The highest BCUT2D eigenvalue weighted by Gasteiger charge is 2.25. The van der Waals surface area contributed by atoms with Crippen LogP contribution >= 0.6 is 0 Å². The van der Waals surface area contributed by atoms with E-state index in [0.717, 1.165) is 24.5 Å². The van der Waals surface area contributed by atoms with Gasteiger partial charge in [0.1, 0.15) is 0 Å². The lowest BCUT2D eigenvalue weighted by atomic mass is 9.98. The molecule has 0 radical (unpaired) electrons. The molecule has 1 saturated carbocycles. The van der Waals surface area contributed by atoms with Gasteiger partial charge in [-0.3, -0.25) is 0 Å². The highest BCUT2D eigenvalue weighted by Crippen LogP contribution is 2.24. The first-order chi connectivity index (χ1) is 7.67. The molecule has 0 heterocycles. The van der Waals surface area contributed by atoms with Crippen molar-refractivity contribution in [2.45, 2.75) is 65.0 Å². The smallest absolute Gasteiger partial charge is 0.0107 e. The third-order valence-corrected chi connectivity index (χ3v) is 3.94. The molecule has 0 saturated heterocycles. The summed E-state index contributed by atoms with van der Waals surface area (Å²) in [4.78, 5) is 2.50. The van der Waals surface area contributed by atoms with Crippen LogP contribution in [0.2, 0.25) is 0 Å². The maximum Gasteiger partial charge on any atom is 0.0107 e. The van der Waals surface area contributed by atoms with Crippen molar-refractivity contribution >= 4 is 0 Å². The van der Waals surface area contributed by atoms with Crippen LogP contribution in [0, 0.1) is 5.92 Å². The normalized spacial score (nSPS) is 20.1. The molecule has 0 bridgehead atoms. The van der Waals surface area contributed by atoms with Crippen LogP contribution in [-0.4, -0.2) is 37.1 Å². The summed E-state index contributed by atoms with van der Waals surface area (Å²) in [5.41, 5.74) is 0. The molecule has 2 unspecified atom stereocenters. The van der Waals surface area contributed by atoms with Crippen molar-refractivity contribution in [2.75, 3.05) is 20.1 Å². The zero-order valence-corrected chi connectivity index (χ0v) is 11.6. The highest BCUT2D eigenvalue weighted by atomic mass is 15.2. The molecule has 0 amide bonds. The standard InChI is InChI=1S/C14H30N2/c1-5-12(3)11-13(6-2)15-9-10-16(4)14-7-8-14/h12-15H,5-11H2,1-4H3. The second-order valence-electron chi connectivity index (χ2n) is 5.52. The molecule has 16 heavy (non-hydrogen) atoms. The second kappa shape index (κ2) is 7.29. The van der Waals surface area contributed by atoms with Crippen LogP contribution < -0.4 is 5.32 Å². The van der Waals surface area contributed by atoms with Crippen LogP contribution in [0.1, 0.15) is 52.9 Å². The van der Waals surface area contributed by atoms with Gasteiger partial charge in [-0.2, -0.15) is 0 Å². The molecule has 0 spiro atoms. The Labute approximate surface area is 102 Å². The van der Waals surface area contributed by atoms with Crippen molar-refractivity contribution in [3.63, 3.8) is 0 Å². The third-order valence-electron chi connectivity index (χ3n) is 3.94. The molecule has 1 N–H and O–H groups in total. The maximum absolute atomic E-state index is 3.71.